The van der Waals surface area contributed by atoms with E-state index in [9.17, 15) is 0 Å². The molecule has 0 saturated carbocycles. The minimum absolute atomic E-state index is 0.244. The predicted molar refractivity (Wildman–Crippen MR) is 75.9 cm³/mol. The fourth-order valence-electron chi connectivity index (χ4n) is 3.07. The van der Waals surface area contributed by atoms with E-state index < -0.39 is 0 Å². The van der Waals surface area contributed by atoms with Crippen LogP contribution in [0.25, 0.3) is 0 Å². The van der Waals surface area contributed by atoms with Crippen LogP contribution in [0.15, 0.2) is 0 Å². The van der Waals surface area contributed by atoms with Gasteiger partial charge in [0, 0.05) is 24.7 Å². The summed E-state index contributed by atoms with van der Waals surface area (Å²) in [7, 11) is 0. The first-order chi connectivity index (χ1) is 8.46. The summed E-state index contributed by atoms with van der Waals surface area (Å²) in [5, 5.41) is 3.63. The Morgan fingerprint density at radius 3 is 2.72 bits per heavy atom. The van der Waals surface area contributed by atoms with Crippen LogP contribution in [-0.2, 0) is 4.74 Å². The lowest BCUT2D eigenvalue weighted by Crippen LogP contribution is -2.42. The van der Waals surface area contributed by atoms with Gasteiger partial charge in [0.2, 0.25) is 0 Å². The molecule has 3 atom stereocenters. The molecule has 0 aromatic rings. The molecule has 0 amide bonds. The molecule has 2 aliphatic rings. The average Bonchev–Trinajstić information content (AvgIpc) is 2.96. The summed E-state index contributed by atoms with van der Waals surface area (Å²) in [4.78, 5) is 2.63. The summed E-state index contributed by atoms with van der Waals surface area (Å²) in [6, 6.07) is 0.604. The predicted octanol–water partition coefficient (Wildman–Crippen LogP) is 2.26. The van der Waals surface area contributed by atoms with E-state index in [1.54, 1.807) is 0 Å². The molecular weight excluding hydrogens is 224 g/mol. The highest BCUT2D eigenvalue weighted by Crippen LogP contribution is 2.25. The smallest absolute Gasteiger partial charge is 0.0728 e. The second kappa shape index (κ2) is 5.89. The van der Waals surface area contributed by atoms with Crippen molar-refractivity contribution in [3.05, 3.63) is 0 Å². The van der Waals surface area contributed by atoms with E-state index in [1.165, 1.54) is 32.4 Å². The number of rotatable bonds is 4. The van der Waals surface area contributed by atoms with E-state index in [0.717, 1.165) is 19.1 Å². The van der Waals surface area contributed by atoms with Crippen LogP contribution < -0.4 is 5.32 Å². The van der Waals surface area contributed by atoms with Crippen molar-refractivity contribution in [3.8, 4) is 0 Å². The molecule has 2 saturated heterocycles. The first-order valence-corrected chi connectivity index (χ1v) is 7.56. The summed E-state index contributed by atoms with van der Waals surface area (Å²) in [5.41, 5.74) is 0.244. The van der Waals surface area contributed by atoms with E-state index in [-0.39, 0.29) is 5.54 Å². The van der Waals surface area contributed by atoms with Crippen LogP contribution in [0.5, 0.6) is 0 Å². The molecule has 2 fully saturated rings. The first kappa shape index (κ1) is 14.3. The minimum atomic E-state index is 0.244. The van der Waals surface area contributed by atoms with Gasteiger partial charge in [-0.2, -0.15) is 0 Å². The Balaban J connectivity index is 1.74. The molecule has 3 heteroatoms. The molecule has 2 heterocycles. The Morgan fingerprint density at radius 2 is 2.11 bits per heavy atom. The maximum atomic E-state index is 5.82. The van der Waals surface area contributed by atoms with Gasteiger partial charge in [0.15, 0.2) is 0 Å². The Hall–Kier alpha value is -0.120. The quantitative estimate of drug-likeness (QED) is 0.833. The molecule has 0 radical (unpaired) electrons. The van der Waals surface area contributed by atoms with Crippen LogP contribution in [-0.4, -0.2) is 48.8 Å². The Labute approximate surface area is 112 Å². The summed E-state index contributed by atoms with van der Waals surface area (Å²) in [5.74, 6) is 0.813. The van der Waals surface area contributed by atoms with Gasteiger partial charge < -0.3 is 10.1 Å². The summed E-state index contributed by atoms with van der Waals surface area (Å²) >= 11 is 0. The van der Waals surface area contributed by atoms with Gasteiger partial charge in [-0.25, -0.2) is 0 Å². The van der Waals surface area contributed by atoms with E-state index >= 15 is 0 Å². The summed E-state index contributed by atoms with van der Waals surface area (Å²) in [6.07, 6.45) is 4.32. The summed E-state index contributed by atoms with van der Waals surface area (Å²) < 4.78 is 5.82. The maximum Gasteiger partial charge on any atom is 0.0728 e. The third-order valence-corrected chi connectivity index (χ3v) is 4.32. The Bertz CT molecular complexity index is 256. The van der Waals surface area contributed by atoms with Crippen LogP contribution >= 0.6 is 0 Å². The zero-order valence-electron chi connectivity index (χ0n) is 12.5. The number of hydrogen-bond acceptors (Lipinski definition) is 3. The van der Waals surface area contributed by atoms with Crippen molar-refractivity contribution in [2.24, 2.45) is 5.92 Å². The van der Waals surface area contributed by atoms with Crippen LogP contribution in [0.1, 0.15) is 47.0 Å². The standard InChI is InChI=1S/C15H30N2O/c1-12(14-6-5-9-18-14)17-8-7-13(11-17)10-16-15(2,3)4/h12-14,16H,5-11H2,1-4H3. The first-order valence-electron chi connectivity index (χ1n) is 7.56. The minimum Gasteiger partial charge on any atom is -0.377 e. The van der Waals surface area contributed by atoms with Gasteiger partial charge in [-0.1, -0.05) is 0 Å². The molecule has 1 N–H and O–H groups in total. The maximum absolute atomic E-state index is 5.82. The molecule has 2 rings (SSSR count). The molecule has 2 aliphatic heterocycles. The Kier molecular flexibility index (Phi) is 4.68. The van der Waals surface area contributed by atoms with Gasteiger partial charge in [0.05, 0.1) is 6.10 Å². The molecule has 18 heavy (non-hydrogen) atoms. The molecule has 0 aromatic heterocycles. The fraction of sp³-hybridized carbons (Fsp3) is 1.00. The lowest BCUT2D eigenvalue weighted by Gasteiger charge is -2.29. The molecular formula is C15H30N2O. The highest BCUT2D eigenvalue weighted by molar-refractivity contribution is 4.87. The highest BCUT2D eigenvalue weighted by atomic mass is 16.5. The number of likely N-dealkylation sites (tertiary alicyclic amines) is 1. The van der Waals surface area contributed by atoms with Crippen molar-refractivity contribution < 1.29 is 4.74 Å². The molecule has 3 unspecified atom stereocenters. The fourth-order valence-corrected chi connectivity index (χ4v) is 3.07. The normalized spacial score (nSPS) is 32.0. The average molecular weight is 254 g/mol. The molecule has 0 bridgehead atoms. The van der Waals surface area contributed by atoms with E-state index in [1.807, 2.05) is 0 Å². The van der Waals surface area contributed by atoms with Gasteiger partial charge in [-0.15, -0.1) is 0 Å². The van der Waals surface area contributed by atoms with Crippen molar-refractivity contribution in [2.75, 3.05) is 26.2 Å². The van der Waals surface area contributed by atoms with Crippen LogP contribution in [0, 0.1) is 5.92 Å². The molecule has 0 aromatic carbocycles. The van der Waals surface area contributed by atoms with Crippen LogP contribution in [0.2, 0.25) is 0 Å². The monoisotopic (exact) mass is 254 g/mol. The van der Waals surface area contributed by atoms with Crippen molar-refractivity contribution >= 4 is 0 Å². The second-order valence-corrected chi connectivity index (χ2v) is 7.07. The molecule has 0 spiro atoms. The largest absolute Gasteiger partial charge is 0.377 e. The van der Waals surface area contributed by atoms with E-state index in [0.29, 0.717) is 12.1 Å². The molecule has 0 aliphatic carbocycles. The highest BCUT2D eigenvalue weighted by Gasteiger charge is 2.32. The zero-order chi connectivity index (χ0) is 13.2. The van der Waals surface area contributed by atoms with E-state index in [4.69, 9.17) is 4.74 Å². The lowest BCUT2D eigenvalue weighted by atomic mass is 10.0. The number of nitrogens with one attached hydrogen (secondary N) is 1. The van der Waals surface area contributed by atoms with Crippen LogP contribution in [0.3, 0.4) is 0 Å². The number of hydrogen-bond donors (Lipinski definition) is 1. The van der Waals surface area contributed by atoms with Crippen molar-refractivity contribution in [3.63, 3.8) is 0 Å². The third kappa shape index (κ3) is 3.94. The summed E-state index contributed by atoms with van der Waals surface area (Å²) in [6.45, 7) is 13.7. The second-order valence-electron chi connectivity index (χ2n) is 7.07. The number of ether oxygens (including phenoxy) is 1. The SMILES string of the molecule is CC(C1CCCO1)N1CCC(CNC(C)(C)C)C1. The Morgan fingerprint density at radius 1 is 1.33 bits per heavy atom. The van der Waals surface area contributed by atoms with Crippen molar-refractivity contribution in [2.45, 2.75) is 64.6 Å². The van der Waals surface area contributed by atoms with Gasteiger partial charge >= 0.3 is 0 Å². The molecule has 3 nitrogen and oxygen atoms in total. The van der Waals surface area contributed by atoms with Gasteiger partial charge in [-0.05, 0) is 66.0 Å². The van der Waals surface area contributed by atoms with Crippen LogP contribution in [0.4, 0.5) is 0 Å². The van der Waals surface area contributed by atoms with Crippen molar-refractivity contribution in [1.82, 2.24) is 10.2 Å². The van der Waals surface area contributed by atoms with Gasteiger partial charge in [0.25, 0.3) is 0 Å². The zero-order valence-corrected chi connectivity index (χ0v) is 12.5. The van der Waals surface area contributed by atoms with E-state index in [2.05, 4.69) is 37.9 Å². The lowest BCUT2D eigenvalue weighted by molar-refractivity contribution is 0.0392. The van der Waals surface area contributed by atoms with Gasteiger partial charge in [-0.3, -0.25) is 4.90 Å². The van der Waals surface area contributed by atoms with Gasteiger partial charge in [0.1, 0.15) is 0 Å². The molecule has 106 valence electrons. The third-order valence-electron chi connectivity index (χ3n) is 4.32. The topological polar surface area (TPSA) is 24.5 Å². The van der Waals surface area contributed by atoms with Crippen molar-refractivity contribution in [1.29, 1.82) is 0 Å². The number of nitrogens with zero attached hydrogens (tertiary/aromatic N) is 1.